The highest BCUT2D eigenvalue weighted by molar-refractivity contribution is 5.79. The van der Waals surface area contributed by atoms with Gasteiger partial charge in [-0.05, 0) is 45.0 Å². The van der Waals surface area contributed by atoms with Crippen LogP contribution in [0, 0.1) is 0 Å². The first-order valence-electron chi connectivity index (χ1n) is 8.15. The second-order valence-corrected chi connectivity index (χ2v) is 5.42. The molecule has 0 radical (unpaired) electrons. The molecule has 0 amide bonds. The molecule has 1 aromatic heterocycles. The Kier molecular flexibility index (Phi) is 7.15. The molecule has 1 fully saturated rings. The summed E-state index contributed by atoms with van der Waals surface area (Å²) in [5.74, 6) is 1.91. The van der Waals surface area contributed by atoms with E-state index in [0.717, 1.165) is 44.3 Å². The Morgan fingerprint density at radius 3 is 2.86 bits per heavy atom. The smallest absolute Gasteiger partial charge is 0.191 e. The Morgan fingerprint density at radius 1 is 1.29 bits per heavy atom. The van der Waals surface area contributed by atoms with E-state index in [4.69, 9.17) is 4.42 Å². The highest BCUT2D eigenvalue weighted by Crippen LogP contribution is 2.07. The summed E-state index contributed by atoms with van der Waals surface area (Å²) in [5.41, 5.74) is 0. The summed E-state index contributed by atoms with van der Waals surface area (Å²) in [5, 5.41) is 6.65. The Morgan fingerprint density at radius 2 is 2.14 bits per heavy atom. The van der Waals surface area contributed by atoms with Gasteiger partial charge in [0.15, 0.2) is 5.96 Å². The molecule has 2 rings (SSSR count). The maximum Gasteiger partial charge on any atom is 0.191 e. The molecule has 0 bridgehead atoms. The van der Waals surface area contributed by atoms with E-state index in [9.17, 15) is 0 Å². The SMILES string of the molecule is CCNC(=NCCN1CCCCC1)NCCc1ccco1. The molecule has 2 heterocycles. The number of hydrogen-bond acceptors (Lipinski definition) is 3. The lowest BCUT2D eigenvalue weighted by Gasteiger charge is -2.25. The van der Waals surface area contributed by atoms with Crippen molar-refractivity contribution in [3.05, 3.63) is 24.2 Å². The van der Waals surface area contributed by atoms with Crippen LogP contribution in [0.2, 0.25) is 0 Å². The number of guanidine groups is 1. The van der Waals surface area contributed by atoms with Gasteiger partial charge in [-0.1, -0.05) is 6.42 Å². The van der Waals surface area contributed by atoms with Crippen LogP contribution in [0.1, 0.15) is 31.9 Å². The van der Waals surface area contributed by atoms with Gasteiger partial charge in [0.2, 0.25) is 0 Å². The summed E-state index contributed by atoms with van der Waals surface area (Å²) in [6.07, 6.45) is 6.66. The molecule has 0 saturated carbocycles. The summed E-state index contributed by atoms with van der Waals surface area (Å²) < 4.78 is 5.33. The number of rotatable bonds is 7. The number of furan rings is 1. The molecule has 1 saturated heterocycles. The summed E-state index contributed by atoms with van der Waals surface area (Å²) in [6.45, 7) is 8.20. The average molecular weight is 292 g/mol. The molecule has 21 heavy (non-hydrogen) atoms. The van der Waals surface area contributed by atoms with Gasteiger partial charge in [-0.3, -0.25) is 4.99 Å². The predicted molar refractivity (Wildman–Crippen MR) is 86.7 cm³/mol. The molecule has 0 atom stereocenters. The van der Waals surface area contributed by atoms with E-state index in [1.165, 1.54) is 32.4 Å². The summed E-state index contributed by atoms with van der Waals surface area (Å²) >= 11 is 0. The number of nitrogens with zero attached hydrogens (tertiary/aromatic N) is 2. The molecule has 2 N–H and O–H groups in total. The zero-order valence-electron chi connectivity index (χ0n) is 13.1. The van der Waals surface area contributed by atoms with Gasteiger partial charge in [-0.15, -0.1) is 0 Å². The topological polar surface area (TPSA) is 52.8 Å². The van der Waals surface area contributed by atoms with Crippen molar-refractivity contribution in [2.24, 2.45) is 4.99 Å². The maximum atomic E-state index is 5.33. The van der Waals surface area contributed by atoms with Crippen molar-refractivity contribution in [3.63, 3.8) is 0 Å². The molecule has 0 aliphatic carbocycles. The molecule has 1 aliphatic heterocycles. The Labute approximate surface area is 127 Å². The van der Waals surface area contributed by atoms with Gasteiger partial charge in [0.1, 0.15) is 5.76 Å². The van der Waals surface area contributed by atoms with E-state index in [2.05, 4.69) is 27.4 Å². The largest absolute Gasteiger partial charge is 0.469 e. The zero-order valence-corrected chi connectivity index (χ0v) is 13.1. The van der Waals surface area contributed by atoms with Gasteiger partial charge in [0, 0.05) is 26.1 Å². The van der Waals surface area contributed by atoms with Crippen molar-refractivity contribution < 1.29 is 4.42 Å². The van der Waals surface area contributed by atoms with Crippen molar-refractivity contribution in [1.29, 1.82) is 0 Å². The van der Waals surface area contributed by atoms with E-state index in [1.54, 1.807) is 6.26 Å². The lowest BCUT2D eigenvalue weighted by Crippen LogP contribution is -2.39. The quantitative estimate of drug-likeness (QED) is 0.595. The summed E-state index contributed by atoms with van der Waals surface area (Å²) in [6, 6.07) is 3.93. The standard InChI is InChI=1S/C16H28N4O/c1-2-17-16(18-9-8-15-7-6-14-21-15)19-10-13-20-11-4-3-5-12-20/h6-7,14H,2-5,8-13H2,1H3,(H2,17,18,19). The minimum Gasteiger partial charge on any atom is -0.469 e. The monoisotopic (exact) mass is 292 g/mol. The van der Waals surface area contributed by atoms with Gasteiger partial charge in [-0.25, -0.2) is 0 Å². The highest BCUT2D eigenvalue weighted by atomic mass is 16.3. The van der Waals surface area contributed by atoms with E-state index >= 15 is 0 Å². The Balaban J connectivity index is 1.67. The first-order valence-corrected chi connectivity index (χ1v) is 8.15. The molecule has 1 aromatic rings. The Hall–Kier alpha value is -1.49. The molecule has 0 unspecified atom stereocenters. The van der Waals surface area contributed by atoms with Crippen molar-refractivity contribution >= 4 is 5.96 Å². The fourth-order valence-corrected chi connectivity index (χ4v) is 2.59. The average Bonchev–Trinajstić information content (AvgIpc) is 3.02. The molecular formula is C16H28N4O. The van der Waals surface area contributed by atoms with Crippen LogP contribution >= 0.6 is 0 Å². The highest BCUT2D eigenvalue weighted by Gasteiger charge is 2.08. The minimum absolute atomic E-state index is 0.836. The van der Waals surface area contributed by atoms with Gasteiger partial charge in [-0.2, -0.15) is 0 Å². The third kappa shape index (κ3) is 6.21. The van der Waals surface area contributed by atoms with Crippen LogP contribution in [0.15, 0.2) is 27.8 Å². The van der Waals surface area contributed by atoms with Crippen molar-refractivity contribution in [2.75, 3.05) is 39.3 Å². The third-order valence-electron chi connectivity index (χ3n) is 3.72. The van der Waals surface area contributed by atoms with Crippen molar-refractivity contribution in [1.82, 2.24) is 15.5 Å². The molecule has 5 heteroatoms. The zero-order chi connectivity index (χ0) is 14.8. The minimum atomic E-state index is 0.836. The van der Waals surface area contributed by atoms with E-state index in [0.29, 0.717) is 0 Å². The van der Waals surface area contributed by atoms with Gasteiger partial charge in [0.05, 0.1) is 12.8 Å². The van der Waals surface area contributed by atoms with Crippen LogP contribution in [0.25, 0.3) is 0 Å². The number of hydrogen-bond donors (Lipinski definition) is 2. The van der Waals surface area contributed by atoms with E-state index in [1.807, 2.05) is 12.1 Å². The van der Waals surface area contributed by atoms with Gasteiger partial charge < -0.3 is 20.0 Å². The molecule has 0 aromatic carbocycles. The van der Waals surface area contributed by atoms with Crippen LogP contribution < -0.4 is 10.6 Å². The lowest BCUT2D eigenvalue weighted by molar-refractivity contribution is 0.235. The second kappa shape index (κ2) is 9.45. The van der Waals surface area contributed by atoms with Crippen LogP contribution in [-0.2, 0) is 6.42 Å². The van der Waals surface area contributed by atoms with Gasteiger partial charge >= 0.3 is 0 Å². The number of nitrogens with one attached hydrogen (secondary N) is 2. The van der Waals surface area contributed by atoms with Crippen LogP contribution in [0.5, 0.6) is 0 Å². The second-order valence-electron chi connectivity index (χ2n) is 5.42. The maximum absolute atomic E-state index is 5.33. The number of piperidine rings is 1. The molecule has 5 nitrogen and oxygen atoms in total. The van der Waals surface area contributed by atoms with Crippen LogP contribution in [0.4, 0.5) is 0 Å². The first-order chi connectivity index (χ1) is 10.4. The fraction of sp³-hybridized carbons (Fsp3) is 0.688. The van der Waals surface area contributed by atoms with Gasteiger partial charge in [0.25, 0.3) is 0 Å². The summed E-state index contributed by atoms with van der Waals surface area (Å²) in [4.78, 5) is 7.16. The van der Waals surface area contributed by atoms with Crippen LogP contribution in [-0.4, -0.2) is 50.1 Å². The van der Waals surface area contributed by atoms with Crippen LogP contribution in [0.3, 0.4) is 0 Å². The predicted octanol–water partition coefficient (Wildman–Crippen LogP) is 1.86. The lowest BCUT2D eigenvalue weighted by atomic mass is 10.1. The third-order valence-corrected chi connectivity index (χ3v) is 3.72. The first kappa shape index (κ1) is 15.9. The Bertz CT molecular complexity index is 396. The van der Waals surface area contributed by atoms with E-state index < -0.39 is 0 Å². The van der Waals surface area contributed by atoms with E-state index in [-0.39, 0.29) is 0 Å². The van der Waals surface area contributed by atoms with Crippen molar-refractivity contribution in [3.8, 4) is 0 Å². The van der Waals surface area contributed by atoms with Crippen molar-refractivity contribution in [2.45, 2.75) is 32.6 Å². The molecule has 1 aliphatic rings. The number of likely N-dealkylation sites (tertiary alicyclic amines) is 1. The molecular weight excluding hydrogens is 264 g/mol. The molecule has 118 valence electrons. The molecule has 0 spiro atoms. The number of aliphatic imine (C=N–C) groups is 1. The fourth-order valence-electron chi connectivity index (χ4n) is 2.59. The normalized spacial score (nSPS) is 16.9. The summed E-state index contributed by atoms with van der Waals surface area (Å²) in [7, 11) is 0.